The minimum atomic E-state index is 0.0440. The molecule has 0 unspecified atom stereocenters. The highest BCUT2D eigenvalue weighted by molar-refractivity contribution is 6.35. The molecule has 0 N–H and O–H groups in total. The van der Waals surface area contributed by atoms with E-state index in [1.807, 2.05) is 84.9 Å². The molecule has 172 valence electrons. The lowest BCUT2D eigenvalue weighted by molar-refractivity contribution is -0.117. The maximum absolute atomic E-state index is 13.0. The number of halogens is 2. The molecule has 4 aromatic rings. The van der Waals surface area contributed by atoms with Gasteiger partial charge in [-0.15, -0.1) is 0 Å². The Morgan fingerprint density at radius 1 is 0.618 bits per heavy atom. The van der Waals surface area contributed by atoms with Crippen LogP contribution in [-0.4, -0.2) is 20.0 Å². The van der Waals surface area contributed by atoms with E-state index < -0.39 is 0 Å². The average molecular weight is 491 g/mol. The molecule has 0 spiro atoms. The van der Waals surface area contributed by atoms with Gasteiger partial charge in [-0.05, 0) is 46.5 Å². The second-order valence-corrected chi connectivity index (χ2v) is 8.66. The van der Waals surface area contributed by atoms with Crippen LogP contribution in [0.2, 0.25) is 10.0 Å². The zero-order valence-corrected chi connectivity index (χ0v) is 20.5. The number of carbonyl (C=O) groups is 1. The second-order valence-electron chi connectivity index (χ2n) is 7.91. The van der Waals surface area contributed by atoms with E-state index in [-0.39, 0.29) is 18.6 Å². The zero-order valence-electron chi connectivity index (χ0n) is 19.0. The van der Waals surface area contributed by atoms with Gasteiger partial charge in [0, 0.05) is 24.0 Å². The lowest BCUT2D eigenvalue weighted by Gasteiger charge is -2.12. The van der Waals surface area contributed by atoms with Crippen LogP contribution in [0.1, 0.15) is 11.1 Å². The standard InChI is InChI=1S/C29H24Cl2O3/c1-33-24-13-9-19(10-14-24)26-7-3-5-21(28(26)30)17-23(32)18-22-6-4-8-27(29(22)31)20-11-15-25(34-2)16-12-20/h3-16H,17-18H2,1-2H3. The van der Waals surface area contributed by atoms with E-state index in [1.54, 1.807) is 14.2 Å². The molecule has 0 aromatic heterocycles. The molecular weight excluding hydrogens is 467 g/mol. The van der Waals surface area contributed by atoms with Crippen LogP contribution in [0, 0.1) is 0 Å². The Balaban J connectivity index is 1.53. The fourth-order valence-corrected chi connectivity index (χ4v) is 4.51. The number of benzene rings is 4. The van der Waals surface area contributed by atoms with Gasteiger partial charge in [0.25, 0.3) is 0 Å². The third kappa shape index (κ3) is 5.27. The molecule has 0 fully saturated rings. The van der Waals surface area contributed by atoms with Crippen LogP contribution in [0.3, 0.4) is 0 Å². The third-order valence-corrected chi connectivity index (χ3v) is 6.63. The lowest BCUT2D eigenvalue weighted by atomic mass is 9.96. The minimum absolute atomic E-state index is 0.0440. The van der Waals surface area contributed by atoms with Gasteiger partial charge in [0.2, 0.25) is 0 Å². The summed E-state index contributed by atoms with van der Waals surface area (Å²) < 4.78 is 10.5. The first-order valence-corrected chi connectivity index (χ1v) is 11.6. The first-order valence-electron chi connectivity index (χ1n) is 10.9. The normalized spacial score (nSPS) is 10.7. The Kier molecular flexibility index (Phi) is 7.56. The molecule has 0 atom stereocenters. The molecule has 3 nitrogen and oxygen atoms in total. The first kappa shape index (κ1) is 23.9. The maximum atomic E-state index is 13.0. The smallest absolute Gasteiger partial charge is 0.141 e. The Morgan fingerprint density at radius 2 is 1.00 bits per heavy atom. The van der Waals surface area contributed by atoms with E-state index in [1.165, 1.54) is 0 Å². The molecule has 0 amide bonds. The van der Waals surface area contributed by atoms with Crippen molar-refractivity contribution in [2.45, 2.75) is 12.8 Å². The number of ether oxygens (including phenoxy) is 2. The molecule has 0 saturated carbocycles. The summed E-state index contributed by atoms with van der Waals surface area (Å²) in [5.74, 6) is 1.60. The van der Waals surface area contributed by atoms with Gasteiger partial charge in [0.15, 0.2) is 0 Å². The number of ketones is 1. The highest BCUT2D eigenvalue weighted by Gasteiger charge is 2.15. The molecule has 5 heteroatoms. The van der Waals surface area contributed by atoms with Gasteiger partial charge in [-0.3, -0.25) is 4.79 Å². The monoisotopic (exact) mass is 490 g/mol. The van der Waals surface area contributed by atoms with Gasteiger partial charge in [-0.1, -0.05) is 83.9 Å². The Bertz CT molecular complexity index is 1200. The number of hydrogen-bond acceptors (Lipinski definition) is 3. The van der Waals surface area contributed by atoms with Crippen LogP contribution >= 0.6 is 23.2 Å². The number of hydrogen-bond donors (Lipinski definition) is 0. The Morgan fingerprint density at radius 3 is 1.35 bits per heavy atom. The van der Waals surface area contributed by atoms with Crippen LogP contribution in [0.25, 0.3) is 22.3 Å². The third-order valence-electron chi connectivity index (χ3n) is 5.73. The van der Waals surface area contributed by atoms with Crippen molar-refractivity contribution in [2.75, 3.05) is 14.2 Å². The molecular formula is C29H24Cl2O3. The largest absolute Gasteiger partial charge is 0.497 e. The summed E-state index contributed by atoms with van der Waals surface area (Å²) in [7, 11) is 3.26. The van der Waals surface area contributed by atoms with Crippen molar-refractivity contribution in [1.82, 2.24) is 0 Å². The molecule has 0 aliphatic rings. The summed E-state index contributed by atoms with van der Waals surface area (Å²) >= 11 is 13.4. The molecule has 4 rings (SSSR count). The van der Waals surface area contributed by atoms with Crippen LogP contribution in [0.4, 0.5) is 0 Å². The van der Waals surface area contributed by atoms with Crippen molar-refractivity contribution < 1.29 is 14.3 Å². The molecule has 0 heterocycles. The summed E-state index contributed by atoms with van der Waals surface area (Å²) in [6.07, 6.45) is 0.456. The number of rotatable bonds is 8. The van der Waals surface area contributed by atoms with E-state index in [9.17, 15) is 4.79 Å². The Hall–Kier alpha value is -3.27. The van der Waals surface area contributed by atoms with Gasteiger partial charge < -0.3 is 9.47 Å². The van der Waals surface area contributed by atoms with Gasteiger partial charge in [-0.25, -0.2) is 0 Å². The summed E-state index contributed by atoms with van der Waals surface area (Å²) in [5.41, 5.74) is 5.29. The van der Waals surface area contributed by atoms with Gasteiger partial charge in [-0.2, -0.15) is 0 Å². The topological polar surface area (TPSA) is 35.5 Å². The maximum Gasteiger partial charge on any atom is 0.141 e. The van der Waals surface area contributed by atoms with E-state index in [2.05, 4.69) is 0 Å². The Labute approximate surface area is 209 Å². The van der Waals surface area contributed by atoms with Crippen LogP contribution in [0.5, 0.6) is 11.5 Å². The summed E-state index contributed by atoms with van der Waals surface area (Å²) in [4.78, 5) is 13.0. The van der Waals surface area contributed by atoms with Gasteiger partial charge >= 0.3 is 0 Å². The molecule has 4 aromatic carbocycles. The summed E-state index contributed by atoms with van der Waals surface area (Å²) in [6.45, 7) is 0. The highest BCUT2D eigenvalue weighted by atomic mass is 35.5. The van der Waals surface area contributed by atoms with Crippen LogP contribution in [-0.2, 0) is 17.6 Å². The summed E-state index contributed by atoms with van der Waals surface area (Å²) in [6, 6.07) is 26.9. The SMILES string of the molecule is COc1ccc(-c2cccc(CC(=O)Cc3cccc(-c4ccc(OC)cc4)c3Cl)c2Cl)cc1. The average Bonchev–Trinajstić information content (AvgIpc) is 2.87. The zero-order chi connectivity index (χ0) is 24.1. The molecule has 0 aliphatic carbocycles. The van der Waals surface area contributed by atoms with Crippen molar-refractivity contribution in [3.8, 4) is 33.8 Å². The molecule has 0 saturated heterocycles. The predicted octanol–water partition coefficient (Wildman–Crippen LogP) is 7.70. The molecule has 0 aliphatic heterocycles. The number of carbonyl (C=O) groups excluding carboxylic acids is 1. The quantitative estimate of drug-likeness (QED) is 0.253. The second kappa shape index (κ2) is 10.8. The van der Waals surface area contributed by atoms with Crippen molar-refractivity contribution in [2.24, 2.45) is 0 Å². The lowest BCUT2D eigenvalue weighted by Crippen LogP contribution is -2.08. The van der Waals surface area contributed by atoms with E-state index in [4.69, 9.17) is 32.7 Å². The van der Waals surface area contributed by atoms with E-state index in [0.29, 0.717) is 10.0 Å². The van der Waals surface area contributed by atoms with Gasteiger partial charge in [0.1, 0.15) is 17.3 Å². The van der Waals surface area contributed by atoms with Crippen molar-refractivity contribution in [1.29, 1.82) is 0 Å². The predicted molar refractivity (Wildman–Crippen MR) is 139 cm³/mol. The van der Waals surface area contributed by atoms with Crippen molar-refractivity contribution in [3.63, 3.8) is 0 Å². The summed E-state index contributed by atoms with van der Waals surface area (Å²) in [5, 5.41) is 1.16. The molecule has 0 radical (unpaired) electrons. The fourth-order valence-electron chi connectivity index (χ4n) is 3.91. The first-order chi connectivity index (χ1) is 16.5. The van der Waals surface area contributed by atoms with Crippen molar-refractivity contribution in [3.05, 3.63) is 106 Å². The van der Waals surface area contributed by atoms with E-state index in [0.717, 1.165) is 44.9 Å². The van der Waals surface area contributed by atoms with E-state index >= 15 is 0 Å². The number of methoxy groups -OCH3 is 2. The molecule has 34 heavy (non-hydrogen) atoms. The fraction of sp³-hybridized carbons (Fsp3) is 0.138. The minimum Gasteiger partial charge on any atom is -0.497 e. The van der Waals surface area contributed by atoms with Crippen molar-refractivity contribution >= 4 is 29.0 Å². The highest BCUT2D eigenvalue weighted by Crippen LogP contribution is 2.34. The van der Waals surface area contributed by atoms with Gasteiger partial charge in [0.05, 0.1) is 24.3 Å². The van der Waals surface area contributed by atoms with Crippen LogP contribution in [0.15, 0.2) is 84.9 Å². The van der Waals surface area contributed by atoms with Crippen LogP contribution < -0.4 is 9.47 Å². The number of Topliss-reactive ketones (excluding diaryl/α,β-unsaturated/α-hetero) is 1. The molecule has 0 bridgehead atoms.